The fourth-order valence-electron chi connectivity index (χ4n) is 3.70. The van der Waals surface area contributed by atoms with Crippen LogP contribution < -0.4 is 4.90 Å². The number of carbonyl (C=O) groups is 1. The van der Waals surface area contributed by atoms with Gasteiger partial charge in [-0.25, -0.2) is 9.97 Å². The molecule has 1 amide bonds. The number of thiazole rings is 1. The molecule has 9 heteroatoms. The Kier molecular flexibility index (Phi) is 6.08. The molecule has 1 fully saturated rings. The maximum absolute atomic E-state index is 12.9. The van der Waals surface area contributed by atoms with Crippen LogP contribution in [0.1, 0.15) is 21.1 Å². The summed E-state index contributed by atoms with van der Waals surface area (Å²) in [5, 5.41) is 4.08. The lowest BCUT2D eigenvalue weighted by molar-refractivity contribution is 0.0741. The summed E-state index contributed by atoms with van der Waals surface area (Å²) >= 11 is 9.30. The van der Waals surface area contributed by atoms with E-state index >= 15 is 0 Å². The monoisotopic (exact) mass is 484 g/mol. The zero-order chi connectivity index (χ0) is 22.1. The first-order valence-electron chi connectivity index (χ1n) is 10.3. The van der Waals surface area contributed by atoms with Gasteiger partial charge in [0.1, 0.15) is 16.2 Å². The van der Waals surface area contributed by atoms with Crippen molar-refractivity contribution in [3.05, 3.63) is 69.1 Å². The zero-order valence-corrected chi connectivity index (χ0v) is 19.8. The predicted molar refractivity (Wildman–Crippen MR) is 130 cm³/mol. The third-order valence-corrected chi connectivity index (χ3v) is 7.56. The van der Waals surface area contributed by atoms with Gasteiger partial charge in [0.2, 0.25) is 0 Å². The molecule has 0 radical (unpaired) electrons. The molecule has 0 N–H and O–H groups in total. The molecule has 5 rings (SSSR count). The molecular formula is C23H21ClN4O2S2. The number of fused-ring (bicyclic) bond motifs is 1. The quantitative estimate of drug-likeness (QED) is 0.348. The Morgan fingerprint density at radius 2 is 1.97 bits per heavy atom. The van der Waals surface area contributed by atoms with Gasteiger partial charge in [0.05, 0.1) is 16.5 Å². The molecule has 2 aromatic carbocycles. The van der Waals surface area contributed by atoms with Crippen molar-refractivity contribution in [1.82, 2.24) is 14.9 Å². The number of halogens is 1. The SMILES string of the molecule is Cc1ccc2oc(SCc3nc(C(=O)N4CCN(c5ccccc5Cl)CC4)cs3)nc2c1. The van der Waals surface area contributed by atoms with Crippen LogP contribution in [0.3, 0.4) is 0 Å². The third kappa shape index (κ3) is 4.48. The number of aromatic nitrogens is 2. The van der Waals surface area contributed by atoms with Gasteiger partial charge in [-0.3, -0.25) is 4.79 Å². The van der Waals surface area contributed by atoms with E-state index in [0.29, 0.717) is 29.8 Å². The summed E-state index contributed by atoms with van der Waals surface area (Å²) in [6.07, 6.45) is 0. The minimum atomic E-state index is -0.0198. The number of rotatable bonds is 5. The van der Waals surface area contributed by atoms with Crippen LogP contribution in [0.2, 0.25) is 5.02 Å². The van der Waals surface area contributed by atoms with E-state index in [-0.39, 0.29) is 5.91 Å². The van der Waals surface area contributed by atoms with Crippen LogP contribution in [0.15, 0.2) is 57.5 Å². The van der Waals surface area contributed by atoms with E-state index < -0.39 is 0 Å². The van der Waals surface area contributed by atoms with Crippen LogP contribution >= 0.6 is 34.7 Å². The number of carbonyl (C=O) groups excluding carboxylic acids is 1. The molecule has 32 heavy (non-hydrogen) atoms. The molecule has 0 bridgehead atoms. The van der Waals surface area contributed by atoms with Crippen molar-refractivity contribution in [2.45, 2.75) is 17.9 Å². The number of hydrogen-bond donors (Lipinski definition) is 0. The summed E-state index contributed by atoms with van der Waals surface area (Å²) in [4.78, 5) is 26.1. The zero-order valence-electron chi connectivity index (χ0n) is 17.5. The largest absolute Gasteiger partial charge is 0.431 e. The van der Waals surface area contributed by atoms with Gasteiger partial charge in [-0.2, -0.15) is 0 Å². The smallest absolute Gasteiger partial charge is 0.273 e. The van der Waals surface area contributed by atoms with Crippen molar-refractivity contribution in [2.75, 3.05) is 31.1 Å². The Hall–Kier alpha value is -2.55. The Morgan fingerprint density at radius 3 is 2.78 bits per heavy atom. The molecule has 6 nitrogen and oxygen atoms in total. The Bertz CT molecular complexity index is 1260. The van der Waals surface area contributed by atoms with E-state index in [4.69, 9.17) is 16.0 Å². The molecule has 3 heterocycles. The van der Waals surface area contributed by atoms with Crippen LogP contribution in [0.4, 0.5) is 5.69 Å². The van der Waals surface area contributed by atoms with E-state index in [1.165, 1.54) is 23.1 Å². The number of hydrogen-bond acceptors (Lipinski definition) is 7. The van der Waals surface area contributed by atoms with Gasteiger partial charge in [-0.05, 0) is 36.8 Å². The van der Waals surface area contributed by atoms with Gasteiger partial charge in [-0.1, -0.05) is 41.6 Å². The van der Waals surface area contributed by atoms with E-state index in [1.807, 2.05) is 59.7 Å². The van der Waals surface area contributed by atoms with Crippen molar-refractivity contribution in [2.24, 2.45) is 0 Å². The van der Waals surface area contributed by atoms with Gasteiger partial charge < -0.3 is 14.2 Å². The first kappa shape index (κ1) is 21.3. The highest BCUT2D eigenvalue weighted by molar-refractivity contribution is 7.98. The number of oxazole rings is 1. The lowest BCUT2D eigenvalue weighted by atomic mass is 10.2. The van der Waals surface area contributed by atoms with E-state index in [9.17, 15) is 4.79 Å². The first-order valence-corrected chi connectivity index (χ1v) is 12.5. The van der Waals surface area contributed by atoms with Gasteiger partial charge in [0.15, 0.2) is 5.58 Å². The molecule has 1 aliphatic rings. The maximum atomic E-state index is 12.9. The van der Waals surface area contributed by atoms with Crippen LogP contribution in [-0.4, -0.2) is 47.0 Å². The second-order valence-electron chi connectivity index (χ2n) is 7.60. The highest BCUT2D eigenvalue weighted by Crippen LogP contribution is 2.29. The fourth-order valence-corrected chi connectivity index (χ4v) is 5.58. The number of nitrogens with zero attached hydrogens (tertiary/aromatic N) is 4. The van der Waals surface area contributed by atoms with Crippen LogP contribution in [0.5, 0.6) is 0 Å². The van der Waals surface area contributed by atoms with E-state index in [2.05, 4.69) is 14.9 Å². The Labute approximate surface area is 199 Å². The van der Waals surface area contributed by atoms with E-state index in [0.717, 1.165) is 45.5 Å². The second kappa shape index (κ2) is 9.13. The first-order chi connectivity index (χ1) is 15.6. The average molecular weight is 485 g/mol. The number of amides is 1. The molecule has 4 aromatic rings. The number of para-hydroxylation sites is 1. The highest BCUT2D eigenvalue weighted by Gasteiger charge is 2.25. The molecule has 2 aromatic heterocycles. The minimum absolute atomic E-state index is 0.0198. The van der Waals surface area contributed by atoms with Crippen LogP contribution in [-0.2, 0) is 5.75 Å². The van der Waals surface area contributed by atoms with Crippen molar-refractivity contribution in [3.63, 3.8) is 0 Å². The molecule has 1 aliphatic heterocycles. The standard InChI is InChI=1S/C23H21ClN4O2S2/c1-15-6-7-20-17(12-15)26-23(30-20)32-14-21-25-18(13-31-21)22(29)28-10-8-27(9-11-28)19-5-3-2-4-16(19)24/h2-7,12-13H,8-11,14H2,1H3. The maximum Gasteiger partial charge on any atom is 0.273 e. The van der Waals surface area contributed by atoms with Gasteiger partial charge in [0, 0.05) is 31.6 Å². The fraction of sp³-hybridized carbons (Fsp3) is 0.261. The second-order valence-corrected chi connectivity index (χ2v) is 9.87. The number of benzene rings is 2. The van der Waals surface area contributed by atoms with Crippen molar-refractivity contribution in [1.29, 1.82) is 0 Å². The van der Waals surface area contributed by atoms with Crippen LogP contribution in [0.25, 0.3) is 11.1 Å². The minimum Gasteiger partial charge on any atom is -0.431 e. The Balaban J connectivity index is 1.18. The number of thioether (sulfide) groups is 1. The molecule has 0 atom stereocenters. The third-order valence-electron chi connectivity index (χ3n) is 5.37. The van der Waals surface area contributed by atoms with Gasteiger partial charge >= 0.3 is 0 Å². The summed E-state index contributed by atoms with van der Waals surface area (Å²) < 4.78 is 5.79. The van der Waals surface area contributed by atoms with Crippen molar-refractivity contribution < 1.29 is 9.21 Å². The summed E-state index contributed by atoms with van der Waals surface area (Å²) in [5.41, 5.74) is 4.31. The topological polar surface area (TPSA) is 62.5 Å². The lowest BCUT2D eigenvalue weighted by Crippen LogP contribution is -2.49. The van der Waals surface area contributed by atoms with Gasteiger partial charge in [0.25, 0.3) is 11.1 Å². The van der Waals surface area contributed by atoms with Crippen molar-refractivity contribution >= 4 is 57.4 Å². The molecular weight excluding hydrogens is 464 g/mol. The number of aryl methyl sites for hydroxylation is 1. The summed E-state index contributed by atoms with van der Waals surface area (Å²) in [7, 11) is 0. The molecule has 0 spiro atoms. The normalized spacial score (nSPS) is 14.3. The van der Waals surface area contributed by atoms with Crippen molar-refractivity contribution in [3.8, 4) is 0 Å². The predicted octanol–water partition coefficient (Wildman–Crippen LogP) is 5.50. The average Bonchev–Trinajstić information content (AvgIpc) is 3.44. The van der Waals surface area contributed by atoms with Gasteiger partial charge in [-0.15, -0.1) is 11.3 Å². The summed E-state index contributed by atoms with van der Waals surface area (Å²) in [5.74, 6) is 0.595. The molecule has 0 aliphatic carbocycles. The lowest BCUT2D eigenvalue weighted by Gasteiger charge is -2.36. The Morgan fingerprint density at radius 1 is 1.16 bits per heavy atom. The molecule has 1 saturated heterocycles. The highest BCUT2D eigenvalue weighted by atomic mass is 35.5. The molecule has 0 saturated carbocycles. The molecule has 164 valence electrons. The number of anilines is 1. The number of piperazine rings is 1. The van der Waals surface area contributed by atoms with E-state index in [1.54, 1.807) is 0 Å². The summed E-state index contributed by atoms with van der Waals surface area (Å²) in [6, 6.07) is 13.8. The summed E-state index contributed by atoms with van der Waals surface area (Å²) in [6.45, 7) is 4.83. The van der Waals surface area contributed by atoms with Crippen LogP contribution in [0, 0.1) is 6.92 Å². The molecule has 0 unspecified atom stereocenters.